The SMILES string of the molecule is CN(Cc1cc(C2CC2)n[nH]1)Cc1nc(Cc2ccccc2F)no1. The van der Waals surface area contributed by atoms with E-state index in [0.717, 1.165) is 17.9 Å². The van der Waals surface area contributed by atoms with Crippen LogP contribution in [0.1, 0.15) is 47.4 Å². The topological polar surface area (TPSA) is 70.8 Å². The van der Waals surface area contributed by atoms with Crippen LogP contribution in [0.5, 0.6) is 0 Å². The van der Waals surface area contributed by atoms with E-state index in [9.17, 15) is 4.39 Å². The molecule has 1 aliphatic rings. The highest BCUT2D eigenvalue weighted by molar-refractivity contribution is 5.20. The molecule has 130 valence electrons. The summed E-state index contributed by atoms with van der Waals surface area (Å²) >= 11 is 0. The van der Waals surface area contributed by atoms with E-state index in [1.165, 1.54) is 18.9 Å². The number of aromatic amines is 1. The van der Waals surface area contributed by atoms with E-state index in [1.54, 1.807) is 18.2 Å². The first-order valence-corrected chi connectivity index (χ1v) is 8.45. The van der Waals surface area contributed by atoms with Gasteiger partial charge in [0.25, 0.3) is 0 Å². The quantitative estimate of drug-likeness (QED) is 0.715. The largest absolute Gasteiger partial charge is 0.338 e. The Bertz CT molecular complexity index is 855. The van der Waals surface area contributed by atoms with Crippen LogP contribution < -0.4 is 0 Å². The summed E-state index contributed by atoms with van der Waals surface area (Å²) in [6.07, 6.45) is 2.81. The highest BCUT2D eigenvalue weighted by Gasteiger charge is 2.26. The first-order chi connectivity index (χ1) is 12.2. The van der Waals surface area contributed by atoms with E-state index >= 15 is 0 Å². The smallest absolute Gasteiger partial charge is 0.240 e. The van der Waals surface area contributed by atoms with E-state index < -0.39 is 0 Å². The Balaban J connectivity index is 1.34. The summed E-state index contributed by atoms with van der Waals surface area (Å²) < 4.78 is 19.0. The van der Waals surface area contributed by atoms with Crippen LogP contribution in [0, 0.1) is 5.82 Å². The molecule has 25 heavy (non-hydrogen) atoms. The van der Waals surface area contributed by atoms with Crippen LogP contribution in [0.15, 0.2) is 34.9 Å². The van der Waals surface area contributed by atoms with Gasteiger partial charge in [-0.05, 0) is 37.6 Å². The van der Waals surface area contributed by atoms with E-state index in [4.69, 9.17) is 4.52 Å². The lowest BCUT2D eigenvalue weighted by molar-refractivity contribution is 0.258. The Morgan fingerprint density at radius 3 is 2.92 bits per heavy atom. The second-order valence-corrected chi connectivity index (χ2v) is 6.64. The van der Waals surface area contributed by atoms with Crippen molar-refractivity contribution in [2.75, 3.05) is 7.05 Å². The number of hydrogen-bond acceptors (Lipinski definition) is 5. The van der Waals surface area contributed by atoms with Gasteiger partial charge < -0.3 is 4.52 Å². The Morgan fingerprint density at radius 2 is 2.12 bits per heavy atom. The monoisotopic (exact) mass is 341 g/mol. The van der Waals surface area contributed by atoms with Crippen LogP contribution in [0.2, 0.25) is 0 Å². The lowest BCUT2D eigenvalue weighted by atomic mass is 10.1. The molecular formula is C18H20FN5O. The Hall–Kier alpha value is -2.54. The predicted molar refractivity (Wildman–Crippen MR) is 89.2 cm³/mol. The number of halogens is 1. The molecule has 1 aliphatic carbocycles. The van der Waals surface area contributed by atoms with Crippen LogP contribution in [0.3, 0.4) is 0 Å². The zero-order valence-corrected chi connectivity index (χ0v) is 14.1. The third-order valence-electron chi connectivity index (χ3n) is 4.31. The molecule has 0 amide bonds. The summed E-state index contributed by atoms with van der Waals surface area (Å²) in [4.78, 5) is 6.43. The van der Waals surface area contributed by atoms with Crippen molar-refractivity contribution in [3.63, 3.8) is 0 Å². The van der Waals surface area contributed by atoms with Gasteiger partial charge in [-0.2, -0.15) is 10.1 Å². The summed E-state index contributed by atoms with van der Waals surface area (Å²) in [5.74, 6) is 1.41. The van der Waals surface area contributed by atoms with Crippen molar-refractivity contribution in [3.8, 4) is 0 Å². The van der Waals surface area contributed by atoms with E-state index in [-0.39, 0.29) is 5.82 Å². The zero-order chi connectivity index (χ0) is 17.2. The molecule has 1 fully saturated rings. The maximum Gasteiger partial charge on any atom is 0.240 e. The summed E-state index contributed by atoms with van der Waals surface area (Å²) in [6.45, 7) is 1.26. The normalized spacial score (nSPS) is 14.4. The summed E-state index contributed by atoms with van der Waals surface area (Å²) in [5.41, 5.74) is 2.80. The van der Waals surface area contributed by atoms with Crippen molar-refractivity contribution in [1.82, 2.24) is 25.2 Å². The lowest BCUT2D eigenvalue weighted by Gasteiger charge is -2.12. The molecule has 2 heterocycles. The predicted octanol–water partition coefficient (Wildman–Crippen LogP) is 3.03. The highest BCUT2D eigenvalue weighted by atomic mass is 19.1. The molecule has 0 bridgehead atoms. The van der Waals surface area contributed by atoms with Crippen LogP contribution in [0.4, 0.5) is 4.39 Å². The van der Waals surface area contributed by atoms with Gasteiger partial charge in [0.15, 0.2) is 5.82 Å². The van der Waals surface area contributed by atoms with Gasteiger partial charge in [-0.15, -0.1) is 0 Å². The van der Waals surface area contributed by atoms with Crippen molar-refractivity contribution in [3.05, 3.63) is 64.8 Å². The van der Waals surface area contributed by atoms with E-state index in [0.29, 0.717) is 36.2 Å². The molecule has 0 atom stereocenters. The van der Waals surface area contributed by atoms with Crippen LogP contribution >= 0.6 is 0 Å². The molecule has 4 rings (SSSR count). The molecule has 7 heteroatoms. The average Bonchev–Trinajstić information content (AvgIpc) is 3.19. The number of hydrogen-bond donors (Lipinski definition) is 1. The summed E-state index contributed by atoms with van der Waals surface area (Å²) in [6, 6.07) is 8.76. The Labute approximate surface area is 145 Å². The second-order valence-electron chi connectivity index (χ2n) is 6.64. The molecule has 1 aromatic carbocycles. The molecule has 0 saturated heterocycles. The van der Waals surface area contributed by atoms with E-state index in [1.807, 2.05) is 7.05 Å². The van der Waals surface area contributed by atoms with Crippen molar-refractivity contribution in [1.29, 1.82) is 0 Å². The average molecular weight is 341 g/mol. The first-order valence-electron chi connectivity index (χ1n) is 8.45. The number of nitrogens with one attached hydrogen (secondary N) is 1. The molecule has 0 unspecified atom stereocenters. The maximum atomic E-state index is 13.7. The molecule has 1 N–H and O–H groups in total. The number of H-pyrrole nitrogens is 1. The van der Waals surface area contributed by atoms with Gasteiger partial charge >= 0.3 is 0 Å². The fourth-order valence-corrected chi connectivity index (χ4v) is 2.86. The summed E-state index contributed by atoms with van der Waals surface area (Å²) in [7, 11) is 1.98. The Morgan fingerprint density at radius 1 is 1.28 bits per heavy atom. The molecule has 0 radical (unpaired) electrons. The van der Waals surface area contributed by atoms with Gasteiger partial charge in [0.05, 0.1) is 12.2 Å². The van der Waals surface area contributed by atoms with Crippen molar-refractivity contribution in [2.24, 2.45) is 0 Å². The minimum atomic E-state index is -0.253. The second kappa shape index (κ2) is 6.76. The minimum absolute atomic E-state index is 0.253. The molecule has 0 spiro atoms. The van der Waals surface area contributed by atoms with Gasteiger partial charge in [0.2, 0.25) is 5.89 Å². The number of benzene rings is 1. The Kier molecular flexibility index (Phi) is 4.31. The number of rotatable bonds is 7. The molecule has 3 aromatic rings. The van der Waals surface area contributed by atoms with Crippen molar-refractivity contribution in [2.45, 2.75) is 38.3 Å². The van der Waals surface area contributed by atoms with E-state index in [2.05, 4.69) is 31.3 Å². The number of nitrogens with zero attached hydrogens (tertiary/aromatic N) is 4. The molecule has 6 nitrogen and oxygen atoms in total. The van der Waals surface area contributed by atoms with Gasteiger partial charge in [0.1, 0.15) is 5.82 Å². The lowest BCUT2D eigenvalue weighted by Crippen LogP contribution is -2.17. The third kappa shape index (κ3) is 3.93. The van der Waals surface area contributed by atoms with Crippen LogP contribution in [0.25, 0.3) is 0 Å². The van der Waals surface area contributed by atoms with Gasteiger partial charge in [-0.1, -0.05) is 23.4 Å². The van der Waals surface area contributed by atoms with Crippen LogP contribution in [-0.4, -0.2) is 32.3 Å². The van der Waals surface area contributed by atoms with Crippen molar-refractivity contribution < 1.29 is 8.91 Å². The zero-order valence-electron chi connectivity index (χ0n) is 14.1. The van der Waals surface area contributed by atoms with Crippen LogP contribution in [-0.2, 0) is 19.5 Å². The fraction of sp³-hybridized carbons (Fsp3) is 0.389. The summed E-state index contributed by atoms with van der Waals surface area (Å²) in [5, 5.41) is 11.4. The fourth-order valence-electron chi connectivity index (χ4n) is 2.86. The maximum absolute atomic E-state index is 13.7. The van der Waals surface area contributed by atoms with Crippen molar-refractivity contribution >= 4 is 0 Å². The molecule has 0 aliphatic heterocycles. The highest BCUT2D eigenvalue weighted by Crippen LogP contribution is 2.39. The molecular weight excluding hydrogens is 321 g/mol. The number of aromatic nitrogens is 4. The van der Waals surface area contributed by atoms with Gasteiger partial charge in [-0.25, -0.2) is 4.39 Å². The van der Waals surface area contributed by atoms with Gasteiger partial charge in [-0.3, -0.25) is 10.00 Å². The van der Waals surface area contributed by atoms with Gasteiger partial charge in [0, 0.05) is 24.6 Å². The third-order valence-corrected chi connectivity index (χ3v) is 4.31. The molecule has 2 aromatic heterocycles. The standard InChI is InChI=1S/C18H20FN5O/c1-24(10-14-9-16(22-21-14)12-6-7-12)11-18-20-17(23-25-18)8-13-4-2-3-5-15(13)19/h2-5,9,12H,6-8,10-11H2,1H3,(H,21,22). The molecule has 1 saturated carbocycles. The minimum Gasteiger partial charge on any atom is -0.338 e. The first kappa shape index (κ1) is 16.0.